The van der Waals surface area contributed by atoms with Crippen LogP contribution in [0.15, 0.2) is 23.1 Å². The summed E-state index contributed by atoms with van der Waals surface area (Å²) >= 11 is 7.35. The van der Waals surface area contributed by atoms with E-state index in [4.69, 9.17) is 22.4 Å². The highest BCUT2D eigenvalue weighted by Gasteiger charge is 2.27. The van der Waals surface area contributed by atoms with Gasteiger partial charge in [0.2, 0.25) is 5.12 Å². The summed E-state index contributed by atoms with van der Waals surface area (Å²) in [6, 6.07) is 5.73. The van der Waals surface area contributed by atoms with E-state index in [1.165, 1.54) is 0 Å². The van der Waals surface area contributed by atoms with Gasteiger partial charge < -0.3 is 15.7 Å². The maximum atomic E-state index is 11.8. The molecule has 152 valence electrons. The molecule has 2 saturated heterocycles. The van der Waals surface area contributed by atoms with Crippen molar-refractivity contribution in [1.29, 1.82) is 0 Å². The Hall–Kier alpha value is -1.87. The fraction of sp³-hybridized carbons (Fsp3) is 0.421. The lowest BCUT2D eigenvalue weighted by atomic mass is 10.1. The first-order valence-corrected chi connectivity index (χ1v) is 9.98. The first kappa shape index (κ1) is 22.4. The molecule has 1 atom stereocenters. The summed E-state index contributed by atoms with van der Waals surface area (Å²) in [5.41, 5.74) is 7.72. The molecule has 2 fully saturated rings. The Morgan fingerprint density at radius 2 is 2.14 bits per heavy atom. The number of hydrogen-bond acceptors (Lipinski definition) is 7. The quantitative estimate of drug-likeness (QED) is 0.558. The van der Waals surface area contributed by atoms with E-state index in [0.29, 0.717) is 9.93 Å². The molecule has 2 aliphatic rings. The van der Waals surface area contributed by atoms with Crippen molar-refractivity contribution < 1.29 is 19.5 Å². The summed E-state index contributed by atoms with van der Waals surface area (Å²) in [6.07, 6.45) is 2.68. The van der Waals surface area contributed by atoms with E-state index in [1.807, 2.05) is 18.2 Å². The molecule has 2 heterocycles. The molecule has 28 heavy (non-hydrogen) atoms. The molecule has 3 N–H and O–H groups in total. The molecule has 0 saturated carbocycles. The highest BCUT2D eigenvalue weighted by Crippen LogP contribution is 2.37. The minimum absolute atomic E-state index is 0.0129. The molecule has 0 radical (unpaired) electrons. The van der Waals surface area contributed by atoms with Crippen LogP contribution in [0.4, 0.5) is 5.69 Å². The van der Waals surface area contributed by atoms with Crippen molar-refractivity contribution in [2.75, 3.05) is 38.6 Å². The molecule has 3 rings (SSSR count). The minimum atomic E-state index is -0.787. The molecule has 7 nitrogen and oxygen atoms in total. The van der Waals surface area contributed by atoms with Crippen LogP contribution in [-0.2, 0) is 14.4 Å². The first-order chi connectivity index (χ1) is 13.2. The fourth-order valence-corrected chi connectivity index (χ4v) is 4.05. The van der Waals surface area contributed by atoms with E-state index in [2.05, 4.69) is 4.90 Å². The maximum Gasteiger partial charge on any atom is 0.317 e. The highest BCUT2D eigenvalue weighted by molar-refractivity contribution is 8.18. The number of nitrogens with two attached hydrogens (primary N) is 1. The Morgan fingerprint density at radius 1 is 1.43 bits per heavy atom. The zero-order chi connectivity index (χ0) is 20.8. The number of para-hydroxylation sites is 1. The van der Waals surface area contributed by atoms with Crippen LogP contribution in [0.1, 0.15) is 18.4 Å². The number of rotatable bonds is 4. The van der Waals surface area contributed by atoms with E-state index in [1.54, 1.807) is 25.1 Å². The van der Waals surface area contributed by atoms with Crippen LogP contribution in [0, 0.1) is 0 Å². The number of halogens is 1. The number of likely N-dealkylation sites (N-methyl/N-ethyl adjacent to an activating group) is 1. The molecule has 2 aliphatic heterocycles. The van der Waals surface area contributed by atoms with Crippen LogP contribution in [0.3, 0.4) is 0 Å². The average Bonchev–Trinajstić information content (AvgIpc) is 3.12. The summed E-state index contributed by atoms with van der Waals surface area (Å²) < 4.78 is 0. The molecule has 0 unspecified atom stereocenters. The van der Waals surface area contributed by atoms with Crippen molar-refractivity contribution in [3.05, 3.63) is 33.7 Å². The van der Waals surface area contributed by atoms with Crippen molar-refractivity contribution in [2.45, 2.75) is 18.9 Å². The van der Waals surface area contributed by atoms with Crippen LogP contribution in [0.5, 0.6) is 0 Å². The van der Waals surface area contributed by atoms with E-state index in [9.17, 15) is 14.4 Å². The number of aliphatic carboxylic acids is 1. The van der Waals surface area contributed by atoms with Gasteiger partial charge in [0.15, 0.2) is 5.78 Å². The third-order valence-corrected chi connectivity index (χ3v) is 5.34. The standard InChI is InChI=1S/C15H15ClN2O2S.C4H9NO2/c16-11-3-1-2-9(6-13-12(19)7-14(20)21-13)15(11)18-5-4-10(17)8-18;1-5(2)3-4(6)7/h1-3,6,10H,4-5,7-8,17H2;3H2,1-2H3,(H,6,7)/b13-6-;/t10-;/m0./s1. The van der Waals surface area contributed by atoms with Crippen LogP contribution in [-0.4, -0.2) is 66.6 Å². The van der Waals surface area contributed by atoms with Crippen LogP contribution >= 0.6 is 23.4 Å². The van der Waals surface area contributed by atoms with E-state index in [-0.39, 0.29) is 29.9 Å². The number of anilines is 1. The van der Waals surface area contributed by atoms with Crippen LogP contribution < -0.4 is 10.6 Å². The lowest BCUT2D eigenvalue weighted by Crippen LogP contribution is -2.26. The monoisotopic (exact) mass is 425 g/mol. The van der Waals surface area contributed by atoms with Gasteiger partial charge in [0.25, 0.3) is 0 Å². The number of nitrogens with zero attached hydrogens (tertiary/aromatic N) is 2. The largest absolute Gasteiger partial charge is 0.480 e. The van der Waals surface area contributed by atoms with E-state index in [0.717, 1.165) is 42.5 Å². The van der Waals surface area contributed by atoms with Crippen molar-refractivity contribution in [2.24, 2.45) is 5.73 Å². The van der Waals surface area contributed by atoms with Gasteiger partial charge in [0.1, 0.15) is 0 Å². The lowest BCUT2D eigenvalue weighted by Gasteiger charge is -2.22. The van der Waals surface area contributed by atoms with Crippen molar-refractivity contribution in [3.8, 4) is 0 Å². The number of hydrogen-bond donors (Lipinski definition) is 2. The molecular formula is C19H24ClN3O4S. The normalized spacial score (nSPS) is 20.7. The second-order valence-electron chi connectivity index (χ2n) is 6.89. The molecular weight excluding hydrogens is 402 g/mol. The summed E-state index contributed by atoms with van der Waals surface area (Å²) in [6.45, 7) is 1.71. The van der Waals surface area contributed by atoms with Gasteiger partial charge >= 0.3 is 5.97 Å². The fourth-order valence-electron chi connectivity index (χ4n) is 2.93. The number of carboxylic acid groups (broad SMARTS) is 1. The highest BCUT2D eigenvalue weighted by atomic mass is 35.5. The molecule has 0 bridgehead atoms. The predicted molar refractivity (Wildman–Crippen MR) is 113 cm³/mol. The van der Waals surface area contributed by atoms with Gasteiger partial charge in [-0.05, 0) is 44.4 Å². The van der Waals surface area contributed by atoms with Crippen LogP contribution in [0.2, 0.25) is 5.02 Å². The number of Topliss-reactive ketones (excluding diaryl/α,β-unsaturated/α-hetero) is 1. The Kier molecular flexibility index (Phi) is 8.06. The van der Waals surface area contributed by atoms with Gasteiger partial charge in [-0.15, -0.1) is 0 Å². The number of thioether (sulfide) groups is 1. The minimum Gasteiger partial charge on any atom is -0.480 e. The average molecular weight is 426 g/mol. The Bertz CT molecular complexity index is 797. The summed E-state index contributed by atoms with van der Waals surface area (Å²) in [7, 11) is 3.43. The molecule has 0 aromatic heterocycles. The molecule has 0 spiro atoms. The van der Waals surface area contributed by atoms with Gasteiger partial charge in [-0.1, -0.05) is 23.7 Å². The summed E-state index contributed by atoms with van der Waals surface area (Å²) in [5.74, 6) is -0.904. The van der Waals surface area contributed by atoms with Crippen molar-refractivity contribution >= 4 is 52.0 Å². The van der Waals surface area contributed by atoms with Crippen molar-refractivity contribution in [3.63, 3.8) is 0 Å². The Balaban J connectivity index is 0.000000345. The molecule has 1 aromatic carbocycles. The zero-order valence-corrected chi connectivity index (χ0v) is 17.4. The number of allylic oxidation sites excluding steroid dienone is 1. The maximum absolute atomic E-state index is 11.8. The predicted octanol–water partition coefficient (Wildman–Crippen LogP) is 2.08. The van der Waals surface area contributed by atoms with Gasteiger partial charge in [-0.25, -0.2) is 0 Å². The number of carboxylic acids is 1. The second-order valence-corrected chi connectivity index (χ2v) is 8.39. The number of carbonyl (C=O) groups excluding carboxylic acids is 2. The zero-order valence-electron chi connectivity index (χ0n) is 15.9. The number of carbonyl (C=O) groups is 3. The lowest BCUT2D eigenvalue weighted by molar-refractivity contribution is -0.137. The molecule has 0 amide bonds. The third-order valence-electron chi connectivity index (χ3n) is 4.10. The SMILES string of the molecule is CN(C)CC(=O)O.N[C@H]1CCN(c2c(Cl)cccc2/C=C2\SC(=O)CC2=O)C1. The van der Waals surface area contributed by atoms with Gasteiger partial charge in [-0.3, -0.25) is 19.3 Å². The van der Waals surface area contributed by atoms with E-state index < -0.39 is 5.97 Å². The van der Waals surface area contributed by atoms with E-state index >= 15 is 0 Å². The molecule has 9 heteroatoms. The first-order valence-electron chi connectivity index (χ1n) is 8.78. The Morgan fingerprint density at radius 3 is 2.61 bits per heavy atom. The summed E-state index contributed by atoms with van der Waals surface area (Å²) in [4.78, 5) is 37.1. The van der Waals surface area contributed by atoms with Gasteiger partial charge in [-0.2, -0.15) is 0 Å². The third kappa shape index (κ3) is 6.34. The molecule has 1 aromatic rings. The molecule has 0 aliphatic carbocycles. The number of ketones is 1. The van der Waals surface area contributed by atoms with Gasteiger partial charge in [0, 0.05) is 24.7 Å². The Labute approximate surface area is 173 Å². The summed E-state index contributed by atoms with van der Waals surface area (Å²) in [5, 5.41) is 8.58. The number of benzene rings is 1. The smallest absolute Gasteiger partial charge is 0.317 e. The van der Waals surface area contributed by atoms with Crippen LogP contribution in [0.25, 0.3) is 6.08 Å². The second kappa shape index (κ2) is 10.1. The van der Waals surface area contributed by atoms with Gasteiger partial charge in [0.05, 0.1) is 28.6 Å². The van der Waals surface area contributed by atoms with Crippen molar-refractivity contribution in [1.82, 2.24) is 4.90 Å². The topological polar surface area (TPSA) is 104 Å².